The fourth-order valence-corrected chi connectivity index (χ4v) is 2.77. The molecule has 5 heteroatoms. The number of nitrogens with zero attached hydrogens (tertiary/aromatic N) is 3. The zero-order chi connectivity index (χ0) is 14.8. The number of para-hydroxylation sites is 1. The van der Waals surface area contributed by atoms with E-state index in [9.17, 15) is 10.1 Å². The van der Waals surface area contributed by atoms with Crippen LogP contribution < -0.4 is 4.90 Å². The Morgan fingerprint density at radius 1 is 1.33 bits per heavy atom. The van der Waals surface area contributed by atoms with Crippen molar-refractivity contribution in [2.45, 2.75) is 12.8 Å². The van der Waals surface area contributed by atoms with Gasteiger partial charge in [0.1, 0.15) is 5.82 Å². The normalized spacial score (nSPS) is 15.9. The SMILES string of the molecule is N#Cc1cc(N2CCC(C(=O)O)CC2)nc2ccccc12. The van der Waals surface area contributed by atoms with Gasteiger partial charge in [0, 0.05) is 18.5 Å². The number of aromatic nitrogens is 1. The molecule has 2 heterocycles. The van der Waals surface area contributed by atoms with Crippen molar-refractivity contribution in [3.05, 3.63) is 35.9 Å². The second kappa shape index (κ2) is 5.41. The van der Waals surface area contributed by atoms with Crippen molar-refractivity contribution in [2.75, 3.05) is 18.0 Å². The number of nitriles is 1. The van der Waals surface area contributed by atoms with E-state index >= 15 is 0 Å². The maximum atomic E-state index is 11.0. The molecule has 2 aromatic rings. The van der Waals surface area contributed by atoms with Crippen molar-refractivity contribution in [1.29, 1.82) is 5.26 Å². The summed E-state index contributed by atoms with van der Waals surface area (Å²) in [6, 6.07) is 11.6. The number of aliphatic carboxylic acids is 1. The quantitative estimate of drug-likeness (QED) is 0.914. The van der Waals surface area contributed by atoms with E-state index in [-0.39, 0.29) is 5.92 Å². The molecular formula is C16H15N3O2. The number of benzene rings is 1. The van der Waals surface area contributed by atoms with E-state index in [1.54, 1.807) is 6.07 Å². The predicted molar refractivity (Wildman–Crippen MR) is 79.0 cm³/mol. The Bertz CT molecular complexity index is 728. The Morgan fingerprint density at radius 2 is 2.05 bits per heavy atom. The van der Waals surface area contributed by atoms with E-state index in [0.717, 1.165) is 16.7 Å². The molecule has 106 valence electrons. The van der Waals surface area contributed by atoms with E-state index < -0.39 is 5.97 Å². The maximum absolute atomic E-state index is 11.0. The summed E-state index contributed by atoms with van der Waals surface area (Å²) in [7, 11) is 0. The first kappa shape index (κ1) is 13.4. The molecule has 0 unspecified atom stereocenters. The summed E-state index contributed by atoms with van der Waals surface area (Å²) in [6.45, 7) is 1.32. The highest BCUT2D eigenvalue weighted by atomic mass is 16.4. The van der Waals surface area contributed by atoms with Gasteiger partial charge in [-0.25, -0.2) is 4.98 Å². The highest BCUT2D eigenvalue weighted by Crippen LogP contribution is 2.26. The number of pyridine rings is 1. The third-order valence-electron chi connectivity index (χ3n) is 3.99. The average molecular weight is 281 g/mol. The predicted octanol–water partition coefficient (Wildman–Crippen LogP) is 2.41. The third-order valence-corrected chi connectivity index (χ3v) is 3.99. The highest BCUT2D eigenvalue weighted by molar-refractivity contribution is 5.86. The molecule has 1 aliphatic rings. The minimum absolute atomic E-state index is 0.267. The molecule has 21 heavy (non-hydrogen) atoms. The summed E-state index contributed by atoms with van der Waals surface area (Å²) in [4.78, 5) is 17.7. The summed E-state index contributed by atoms with van der Waals surface area (Å²) >= 11 is 0. The lowest BCUT2D eigenvalue weighted by Crippen LogP contribution is -2.36. The van der Waals surface area contributed by atoms with Crippen LogP contribution in [0.3, 0.4) is 0 Å². The average Bonchev–Trinajstić information content (AvgIpc) is 2.53. The van der Waals surface area contributed by atoms with Crippen LogP contribution in [-0.4, -0.2) is 29.1 Å². The lowest BCUT2D eigenvalue weighted by Gasteiger charge is -2.31. The van der Waals surface area contributed by atoms with Crippen LogP contribution in [0.4, 0.5) is 5.82 Å². The molecule has 0 aliphatic carbocycles. The molecule has 1 aliphatic heterocycles. The van der Waals surface area contributed by atoms with Gasteiger partial charge < -0.3 is 10.0 Å². The van der Waals surface area contributed by atoms with Crippen LogP contribution in [-0.2, 0) is 4.79 Å². The van der Waals surface area contributed by atoms with E-state index in [1.807, 2.05) is 24.3 Å². The van der Waals surface area contributed by atoms with Gasteiger partial charge in [0.05, 0.1) is 23.1 Å². The van der Waals surface area contributed by atoms with Gasteiger partial charge in [-0.15, -0.1) is 0 Å². The van der Waals surface area contributed by atoms with Crippen molar-refractivity contribution in [3.8, 4) is 6.07 Å². The molecule has 0 saturated carbocycles. The van der Waals surface area contributed by atoms with Crippen molar-refractivity contribution in [2.24, 2.45) is 5.92 Å². The number of piperidine rings is 1. The number of carboxylic acid groups (broad SMARTS) is 1. The minimum atomic E-state index is -0.723. The van der Waals surface area contributed by atoms with Gasteiger partial charge in [0.2, 0.25) is 0 Å². The second-order valence-corrected chi connectivity index (χ2v) is 5.26. The van der Waals surface area contributed by atoms with Gasteiger partial charge in [-0.2, -0.15) is 5.26 Å². The molecule has 3 rings (SSSR count). The summed E-state index contributed by atoms with van der Waals surface area (Å²) in [6.07, 6.45) is 1.23. The van der Waals surface area contributed by atoms with Gasteiger partial charge in [0.15, 0.2) is 0 Å². The van der Waals surface area contributed by atoms with Gasteiger partial charge in [0.25, 0.3) is 0 Å². The van der Waals surface area contributed by atoms with Crippen molar-refractivity contribution in [1.82, 2.24) is 4.98 Å². The largest absolute Gasteiger partial charge is 0.481 e. The fraction of sp³-hybridized carbons (Fsp3) is 0.312. The number of fused-ring (bicyclic) bond motifs is 1. The fourth-order valence-electron chi connectivity index (χ4n) is 2.77. The molecule has 0 bridgehead atoms. The van der Waals surface area contributed by atoms with Crippen LogP contribution in [0.1, 0.15) is 18.4 Å². The van der Waals surface area contributed by atoms with Crippen LogP contribution in [0, 0.1) is 17.2 Å². The molecule has 1 aromatic carbocycles. The van der Waals surface area contributed by atoms with Crippen LogP contribution in [0.25, 0.3) is 10.9 Å². The van der Waals surface area contributed by atoms with E-state index in [1.165, 1.54) is 0 Å². The Labute approximate surface area is 122 Å². The molecule has 0 radical (unpaired) electrons. The summed E-state index contributed by atoms with van der Waals surface area (Å²) in [5.74, 6) is -0.231. The van der Waals surface area contributed by atoms with Gasteiger partial charge in [-0.05, 0) is 25.0 Å². The van der Waals surface area contributed by atoms with Crippen LogP contribution in [0.15, 0.2) is 30.3 Å². The van der Waals surface area contributed by atoms with Gasteiger partial charge in [-0.1, -0.05) is 18.2 Å². The number of hydrogen-bond donors (Lipinski definition) is 1. The lowest BCUT2D eigenvalue weighted by atomic mass is 9.97. The second-order valence-electron chi connectivity index (χ2n) is 5.26. The molecule has 0 spiro atoms. The monoisotopic (exact) mass is 281 g/mol. The molecule has 1 saturated heterocycles. The maximum Gasteiger partial charge on any atom is 0.306 e. The third kappa shape index (κ3) is 2.52. The number of carbonyl (C=O) groups is 1. The molecule has 0 atom stereocenters. The Kier molecular flexibility index (Phi) is 3.44. The zero-order valence-electron chi connectivity index (χ0n) is 11.5. The van der Waals surface area contributed by atoms with Crippen molar-refractivity contribution < 1.29 is 9.90 Å². The number of hydrogen-bond acceptors (Lipinski definition) is 4. The Hall–Kier alpha value is -2.61. The standard InChI is InChI=1S/C16H15N3O2/c17-10-12-9-15(18-14-4-2-1-3-13(12)14)19-7-5-11(6-8-19)16(20)21/h1-4,9,11H,5-8H2,(H,20,21). The molecule has 1 aromatic heterocycles. The molecular weight excluding hydrogens is 266 g/mol. The summed E-state index contributed by atoms with van der Waals surface area (Å²) < 4.78 is 0. The highest BCUT2D eigenvalue weighted by Gasteiger charge is 2.25. The Balaban J connectivity index is 1.92. The van der Waals surface area contributed by atoms with Crippen LogP contribution >= 0.6 is 0 Å². The number of rotatable bonds is 2. The van der Waals surface area contributed by atoms with Gasteiger partial charge in [-0.3, -0.25) is 4.79 Å². The lowest BCUT2D eigenvalue weighted by molar-refractivity contribution is -0.142. The first-order valence-electron chi connectivity index (χ1n) is 6.96. The topological polar surface area (TPSA) is 77.2 Å². The number of carboxylic acids is 1. The molecule has 5 nitrogen and oxygen atoms in total. The first-order valence-corrected chi connectivity index (χ1v) is 6.96. The van der Waals surface area contributed by atoms with E-state index in [4.69, 9.17) is 5.11 Å². The van der Waals surface area contributed by atoms with Gasteiger partial charge >= 0.3 is 5.97 Å². The Morgan fingerprint density at radius 3 is 2.71 bits per heavy atom. The smallest absolute Gasteiger partial charge is 0.306 e. The molecule has 0 amide bonds. The van der Waals surface area contributed by atoms with Crippen LogP contribution in [0.2, 0.25) is 0 Å². The molecule has 1 N–H and O–H groups in total. The van der Waals surface area contributed by atoms with E-state index in [0.29, 0.717) is 31.5 Å². The van der Waals surface area contributed by atoms with Crippen molar-refractivity contribution in [3.63, 3.8) is 0 Å². The summed E-state index contributed by atoms with van der Waals surface area (Å²) in [5, 5.41) is 19.2. The minimum Gasteiger partial charge on any atom is -0.481 e. The van der Waals surface area contributed by atoms with Crippen molar-refractivity contribution >= 4 is 22.7 Å². The first-order chi connectivity index (χ1) is 10.2. The molecule has 1 fully saturated rings. The summed E-state index contributed by atoms with van der Waals surface area (Å²) in [5.41, 5.74) is 1.41. The number of anilines is 1. The van der Waals surface area contributed by atoms with Crippen LogP contribution in [0.5, 0.6) is 0 Å². The van der Waals surface area contributed by atoms with E-state index in [2.05, 4.69) is 16.0 Å². The zero-order valence-corrected chi connectivity index (χ0v) is 11.5.